The van der Waals surface area contributed by atoms with Crippen molar-refractivity contribution < 1.29 is 37.1 Å². The van der Waals surface area contributed by atoms with Gasteiger partial charge in [-0.2, -0.15) is 13.2 Å². The number of carbonyl (C=O) groups excluding carboxylic acids is 4. The molecule has 6 rings (SSSR count). The molecule has 3 atom stereocenters. The minimum atomic E-state index is -4.72. The lowest BCUT2D eigenvalue weighted by atomic mass is 9.83. The number of alkyl halides is 3. The lowest BCUT2D eigenvalue weighted by Crippen LogP contribution is -2.33. The predicted octanol–water partition coefficient (Wildman–Crippen LogP) is 6.30. The van der Waals surface area contributed by atoms with Gasteiger partial charge in [0.1, 0.15) is 11.8 Å². The van der Waals surface area contributed by atoms with E-state index in [1.807, 2.05) is 0 Å². The van der Waals surface area contributed by atoms with Crippen LogP contribution in [-0.2, 0) is 31.8 Å². The zero-order valence-corrected chi connectivity index (χ0v) is 27.5. The highest BCUT2D eigenvalue weighted by atomic mass is 79.9. The van der Waals surface area contributed by atoms with Gasteiger partial charge in [-0.05, 0) is 61.0 Å². The van der Waals surface area contributed by atoms with Crippen LogP contribution in [0.25, 0.3) is 0 Å². The van der Waals surface area contributed by atoms with Crippen LogP contribution in [0.2, 0.25) is 0 Å². The van der Waals surface area contributed by atoms with Gasteiger partial charge in [0.25, 0.3) is 0 Å². The van der Waals surface area contributed by atoms with Crippen molar-refractivity contribution >= 4 is 74.1 Å². The summed E-state index contributed by atoms with van der Waals surface area (Å²) in [6.45, 7) is 1.24. The van der Waals surface area contributed by atoms with Gasteiger partial charge >= 0.3 is 17.0 Å². The number of carbonyl (C=O) groups is 4. The van der Waals surface area contributed by atoms with Crippen LogP contribution in [0.15, 0.2) is 87.1 Å². The summed E-state index contributed by atoms with van der Waals surface area (Å²) < 4.78 is 47.5. The summed E-state index contributed by atoms with van der Waals surface area (Å²) >= 11 is 5.19. The first kappa shape index (κ1) is 32.7. The van der Waals surface area contributed by atoms with Gasteiger partial charge in [0.2, 0.25) is 17.7 Å². The molecule has 1 N–H and O–H groups in total. The van der Waals surface area contributed by atoms with Crippen molar-refractivity contribution in [1.29, 1.82) is 0 Å². The number of anilines is 2. The summed E-state index contributed by atoms with van der Waals surface area (Å²) in [5.41, 5.74) is -0.338. The zero-order chi connectivity index (χ0) is 33.6. The molecule has 3 amide bonds. The molecule has 0 saturated carbocycles. The van der Waals surface area contributed by atoms with Gasteiger partial charge in [0, 0.05) is 15.3 Å². The Hall–Kier alpha value is -4.21. The number of amides is 3. The molecule has 242 valence electrons. The molecule has 15 heteroatoms. The summed E-state index contributed by atoms with van der Waals surface area (Å²) in [4.78, 5) is 67.5. The van der Waals surface area contributed by atoms with Crippen molar-refractivity contribution in [2.75, 3.05) is 16.8 Å². The van der Waals surface area contributed by atoms with E-state index in [9.17, 15) is 37.1 Å². The molecule has 3 heterocycles. The van der Waals surface area contributed by atoms with Crippen LogP contribution in [0.5, 0.6) is 0 Å². The fourth-order valence-corrected chi connectivity index (χ4v) is 8.71. The number of imide groups is 1. The summed E-state index contributed by atoms with van der Waals surface area (Å²) in [5, 5.41) is 1.56. The second-order valence-electron chi connectivity index (χ2n) is 10.6. The Kier molecular flexibility index (Phi) is 8.89. The number of thiazole rings is 1. The quantitative estimate of drug-likeness (QED) is 0.174. The number of esters is 1. The molecule has 3 aromatic carbocycles. The van der Waals surface area contributed by atoms with Crippen LogP contribution in [0, 0.1) is 5.92 Å². The molecular weight excluding hydrogens is 723 g/mol. The van der Waals surface area contributed by atoms with Gasteiger partial charge in [0.15, 0.2) is 0 Å². The summed E-state index contributed by atoms with van der Waals surface area (Å²) in [7, 11) is 0. The number of hydrogen-bond donors (Lipinski definition) is 1. The monoisotopic (exact) mass is 745 g/mol. The van der Waals surface area contributed by atoms with Crippen molar-refractivity contribution in [3.63, 3.8) is 0 Å². The number of thioether (sulfide) groups is 1. The standard InChI is InChI=1S/C32H23BrF3N3O6S2/c1-2-45-30(43)17-9-13-19(14-10-17)39-27(41)24-23(16-7-11-18(33)12-8-16)26-29(46-25(24)28(39)42)38(31(44)47-26)15-22(40)37-21-6-4-3-5-20(21)32(34,35)36/h3-14,23-25H,2,15H2,1H3,(H,37,40)/t23-,24-,25+/m0/s1. The lowest BCUT2D eigenvalue weighted by Gasteiger charge is -2.30. The molecule has 0 unspecified atom stereocenters. The van der Waals surface area contributed by atoms with E-state index in [-0.39, 0.29) is 22.9 Å². The van der Waals surface area contributed by atoms with E-state index >= 15 is 0 Å². The van der Waals surface area contributed by atoms with E-state index in [4.69, 9.17) is 4.74 Å². The SMILES string of the molecule is CCOC(=O)c1ccc(N2C(=O)[C@H]3[C@H](c4ccc(Br)cc4)c4sc(=O)n(CC(=O)Nc5ccccc5C(F)(F)F)c4S[C@H]3C2=O)cc1. The van der Waals surface area contributed by atoms with Crippen LogP contribution in [0.3, 0.4) is 0 Å². The molecule has 0 radical (unpaired) electrons. The fraction of sp³-hybridized carbons (Fsp3) is 0.219. The molecule has 2 aliphatic rings. The van der Waals surface area contributed by atoms with E-state index in [0.717, 1.165) is 49.2 Å². The maximum atomic E-state index is 14.1. The molecule has 4 aromatic rings. The van der Waals surface area contributed by atoms with Gasteiger partial charge in [0.05, 0.1) is 40.1 Å². The maximum Gasteiger partial charge on any atom is 0.418 e. The topological polar surface area (TPSA) is 115 Å². The number of fused-ring (bicyclic) bond motifs is 2. The average molecular weight is 747 g/mol. The van der Waals surface area contributed by atoms with E-state index < -0.39 is 69.6 Å². The van der Waals surface area contributed by atoms with Gasteiger partial charge in [-0.15, -0.1) is 0 Å². The molecule has 0 aliphatic carbocycles. The molecule has 47 heavy (non-hydrogen) atoms. The Bertz CT molecular complexity index is 1960. The highest BCUT2D eigenvalue weighted by molar-refractivity contribution is 9.10. The number of benzene rings is 3. The first-order valence-electron chi connectivity index (χ1n) is 14.2. The Morgan fingerprint density at radius 1 is 0.957 bits per heavy atom. The van der Waals surface area contributed by atoms with Gasteiger partial charge in [-0.1, -0.05) is 63.3 Å². The number of halogens is 4. The number of aromatic nitrogens is 1. The van der Waals surface area contributed by atoms with Crippen molar-refractivity contribution in [2.24, 2.45) is 5.92 Å². The fourth-order valence-electron chi connectivity index (χ4n) is 5.67. The van der Waals surface area contributed by atoms with Crippen LogP contribution in [0.1, 0.15) is 39.2 Å². The van der Waals surface area contributed by atoms with E-state index in [1.165, 1.54) is 36.4 Å². The molecule has 1 fully saturated rings. The molecule has 0 spiro atoms. The molecule has 1 aromatic heterocycles. The smallest absolute Gasteiger partial charge is 0.418 e. The minimum absolute atomic E-state index is 0.180. The van der Waals surface area contributed by atoms with Crippen LogP contribution in [-0.4, -0.2) is 40.1 Å². The van der Waals surface area contributed by atoms with Gasteiger partial charge in [-0.25, -0.2) is 9.69 Å². The second-order valence-corrected chi connectivity index (χ2v) is 13.6. The third kappa shape index (κ3) is 6.14. The minimum Gasteiger partial charge on any atom is -0.462 e. The number of rotatable bonds is 7. The summed E-state index contributed by atoms with van der Waals surface area (Å²) in [5.74, 6) is -4.11. The normalized spacial score (nSPS) is 18.9. The van der Waals surface area contributed by atoms with Crippen molar-refractivity contribution in [1.82, 2.24) is 4.57 Å². The highest BCUT2D eigenvalue weighted by Gasteiger charge is 2.56. The highest BCUT2D eigenvalue weighted by Crippen LogP contribution is 2.54. The number of ether oxygens (including phenoxy) is 1. The van der Waals surface area contributed by atoms with Crippen molar-refractivity contribution in [3.05, 3.63) is 109 Å². The van der Waals surface area contributed by atoms with Crippen LogP contribution >= 0.6 is 39.0 Å². The average Bonchev–Trinajstić information content (AvgIpc) is 3.47. The zero-order valence-electron chi connectivity index (χ0n) is 24.2. The van der Waals surface area contributed by atoms with Crippen LogP contribution in [0.4, 0.5) is 24.5 Å². The molecule has 2 aliphatic heterocycles. The molecule has 1 saturated heterocycles. The second kappa shape index (κ2) is 12.8. The molecular formula is C32H23BrF3N3O6S2. The van der Waals surface area contributed by atoms with Crippen LogP contribution < -0.4 is 15.1 Å². The third-order valence-electron chi connectivity index (χ3n) is 7.72. The lowest BCUT2D eigenvalue weighted by molar-refractivity contribution is -0.137. The Labute approximate surface area is 281 Å². The Balaban J connectivity index is 1.36. The number of para-hydroxylation sites is 1. The van der Waals surface area contributed by atoms with E-state index in [2.05, 4.69) is 21.2 Å². The Morgan fingerprint density at radius 3 is 2.30 bits per heavy atom. The van der Waals surface area contributed by atoms with Gasteiger partial charge < -0.3 is 10.1 Å². The summed E-state index contributed by atoms with van der Waals surface area (Å²) in [6, 6.07) is 17.5. The van der Waals surface area contributed by atoms with Gasteiger partial charge in [-0.3, -0.25) is 23.7 Å². The largest absolute Gasteiger partial charge is 0.462 e. The number of hydrogen-bond acceptors (Lipinski definition) is 8. The predicted molar refractivity (Wildman–Crippen MR) is 173 cm³/mol. The molecule has 0 bridgehead atoms. The van der Waals surface area contributed by atoms with E-state index in [0.29, 0.717) is 10.4 Å². The number of nitrogens with one attached hydrogen (secondary N) is 1. The number of nitrogens with zero attached hydrogens (tertiary/aromatic N) is 2. The first-order valence-corrected chi connectivity index (χ1v) is 16.6. The summed E-state index contributed by atoms with van der Waals surface area (Å²) in [6.07, 6.45) is -4.72. The first-order chi connectivity index (χ1) is 22.4. The maximum absolute atomic E-state index is 14.1. The molecule has 9 nitrogen and oxygen atoms in total. The Morgan fingerprint density at radius 2 is 1.64 bits per heavy atom. The van der Waals surface area contributed by atoms with Crippen molar-refractivity contribution in [3.8, 4) is 0 Å². The van der Waals surface area contributed by atoms with E-state index in [1.54, 1.807) is 31.2 Å². The van der Waals surface area contributed by atoms with Crippen molar-refractivity contribution in [2.45, 2.75) is 35.8 Å². The third-order valence-corrected chi connectivity index (χ3v) is 10.9.